The predicted molar refractivity (Wildman–Crippen MR) is 96.2 cm³/mol. The van der Waals surface area contributed by atoms with E-state index in [2.05, 4.69) is 13.0 Å². The number of rotatable bonds is 12. The van der Waals surface area contributed by atoms with Gasteiger partial charge in [0.15, 0.2) is 6.29 Å². The number of ether oxygens (including phenoxy) is 2. The Morgan fingerprint density at radius 2 is 2.04 bits per heavy atom. The number of allylic oxidation sites excluding steroid dienone is 2. The van der Waals surface area contributed by atoms with Crippen molar-refractivity contribution in [3.8, 4) is 0 Å². The van der Waals surface area contributed by atoms with E-state index in [0.717, 1.165) is 44.9 Å². The van der Waals surface area contributed by atoms with Crippen LogP contribution < -0.4 is 0 Å². The van der Waals surface area contributed by atoms with Crippen LogP contribution in [0, 0.1) is 5.92 Å². The largest absolute Gasteiger partial charge is 0.481 e. The van der Waals surface area contributed by atoms with Gasteiger partial charge in [0.1, 0.15) is 0 Å². The van der Waals surface area contributed by atoms with Crippen molar-refractivity contribution in [2.75, 3.05) is 0 Å². The van der Waals surface area contributed by atoms with Crippen LogP contribution in [0.15, 0.2) is 24.3 Å². The normalized spacial score (nSPS) is 29.8. The van der Waals surface area contributed by atoms with Crippen molar-refractivity contribution in [2.24, 2.45) is 5.92 Å². The van der Waals surface area contributed by atoms with Crippen molar-refractivity contribution >= 4 is 5.97 Å². The summed E-state index contributed by atoms with van der Waals surface area (Å²) in [6.45, 7) is 2.16. The van der Waals surface area contributed by atoms with Gasteiger partial charge < -0.3 is 19.7 Å². The quantitative estimate of drug-likeness (QED) is 0.412. The third-order valence-corrected chi connectivity index (χ3v) is 4.92. The lowest BCUT2D eigenvalue weighted by molar-refractivity contribution is -0.337. The van der Waals surface area contributed by atoms with Crippen LogP contribution in [-0.2, 0) is 14.3 Å². The van der Waals surface area contributed by atoms with E-state index in [9.17, 15) is 9.90 Å². The van der Waals surface area contributed by atoms with Gasteiger partial charge in [-0.25, -0.2) is 0 Å². The SMILES string of the molecule is CCCCC[C@H](O)/C=C/[C@H]1O[C@H]2CC(O2)[C@@H]1C/C=C\CCCC(=O)O. The van der Waals surface area contributed by atoms with E-state index >= 15 is 0 Å². The number of carboxylic acid groups (broad SMARTS) is 1. The molecule has 1 unspecified atom stereocenters. The van der Waals surface area contributed by atoms with E-state index in [4.69, 9.17) is 14.6 Å². The molecule has 3 saturated heterocycles. The van der Waals surface area contributed by atoms with Crippen LogP contribution >= 0.6 is 0 Å². The third kappa shape index (κ3) is 6.92. The lowest BCUT2D eigenvalue weighted by Gasteiger charge is -2.49. The maximum Gasteiger partial charge on any atom is 0.303 e. The van der Waals surface area contributed by atoms with Crippen LogP contribution in [0.25, 0.3) is 0 Å². The summed E-state index contributed by atoms with van der Waals surface area (Å²) in [5.41, 5.74) is 0. The molecule has 3 fully saturated rings. The molecule has 0 aromatic carbocycles. The molecule has 3 rings (SSSR count). The molecule has 2 bridgehead atoms. The van der Waals surface area contributed by atoms with Gasteiger partial charge in [-0.1, -0.05) is 50.5 Å². The lowest BCUT2D eigenvalue weighted by Crippen LogP contribution is -2.55. The minimum atomic E-state index is -0.745. The summed E-state index contributed by atoms with van der Waals surface area (Å²) in [7, 11) is 0. The maximum atomic E-state index is 10.5. The van der Waals surface area contributed by atoms with Gasteiger partial charge in [0.2, 0.25) is 0 Å². The highest BCUT2D eigenvalue weighted by Gasteiger charge is 2.46. The molecule has 3 aliphatic heterocycles. The van der Waals surface area contributed by atoms with E-state index in [-0.39, 0.29) is 30.8 Å². The van der Waals surface area contributed by atoms with E-state index in [0.29, 0.717) is 6.42 Å². The number of hydrogen-bond acceptors (Lipinski definition) is 4. The molecular weight excluding hydrogens is 320 g/mol. The molecule has 5 atom stereocenters. The highest BCUT2D eigenvalue weighted by molar-refractivity contribution is 5.66. The number of aliphatic hydroxyl groups is 1. The fourth-order valence-corrected chi connectivity index (χ4v) is 3.38. The number of aliphatic carboxylic acids is 1. The van der Waals surface area contributed by atoms with Gasteiger partial charge in [0, 0.05) is 18.8 Å². The fourth-order valence-electron chi connectivity index (χ4n) is 3.38. The average Bonchev–Trinajstić information content (AvgIpc) is 2.55. The summed E-state index contributed by atoms with van der Waals surface area (Å²) in [5, 5.41) is 18.7. The molecule has 0 saturated carbocycles. The molecule has 142 valence electrons. The third-order valence-electron chi connectivity index (χ3n) is 4.92. The van der Waals surface area contributed by atoms with Gasteiger partial charge in [0.25, 0.3) is 0 Å². The molecule has 0 spiro atoms. The summed E-state index contributed by atoms with van der Waals surface area (Å²) in [6.07, 6.45) is 15.4. The van der Waals surface area contributed by atoms with Crippen LogP contribution in [-0.4, -0.2) is 40.8 Å². The zero-order valence-electron chi connectivity index (χ0n) is 15.2. The lowest BCUT2D eigenvalue weighted by atomic mass is 9.84. The second kappa shape index (κ2) is 10.7. The first-order valence-electron chi connectivity index (χ1n) is 9.64. The number of hydrogen-bond donors (Lipinski definition) is 2. The van der Waals surface area contributed by atoms with Gasteiger partial charge in [-0.05, 0) is 25.7 Å². The Kier molecular flexibility index (Phi) is 8.65. The Hall–Kier alpha value is -1.17. The highest BCUT2D eigenvalue weighted by atomic mass is 16.7. The smallest absolute Gasteiger partial charge is 0.303 e. The van der Waals surface area contributed by atoms with Crippen LogP contribution in [0.1, 0.15) is 64.7 Å². The Morgan fingerprint density at radius 3 is 2.76 bits per heavy atom. The first-order valence-corrected chi connectivity index (χ1v) is 9.64. The standard InChI is InChI=1S/C20H32O5/c1-2-3-6-9-15(21)12-13-17-16(18-14-20(24-17)25-18)10-7-4-5-8-11-19(22)23/h4,7,12-13,15-18,20-21H,2-3,5-6,8-11,14H2,1H3,(H,22,23)/b7-4-,13-12+/t15-,16+,17+,18?,20+/m0/s1. The average molecular weight is 352 g/mol. The molecule has 3 aliphatic rings. The summed E-state index contributed by atoms with van der Waals surface area (Å²) < 4.78 is 11.6. The van der Waals surface area contributed by atoms with Crippen molar-refractivity contribution < 1.29 is 24.5 Å². The summed E-state index contributed by atoms with van der Waals surface area (Å²) in [6, 6.07) is 0. The van der Waals surface area contributed by atoms with Gasteiger partial charge in [0.05, 0.1) is 18.3 Å². The van der Waals surface area contributed by atoms with Gasteiger partial charge >= 0.3 is 5.97 Å². The van der Waals surface area contributed by atoms with Gasteiger partial charge in [-0.2, -0.15) is 0 Å². The predicted octanol–water partition coefficient (Wildman–Crippen LogP) is 3.82. The molecule has 0 aromatic heterocycles. The van der Waals surface area contributed by atoms with Crippen molar-refractivity contribution in [3.05, 3.63) is 24.3 Å². The van der Waals surface area contributed by atoms with E-state index in [1.54, 1.807) is 0 Å². The van der Waals surface area contributed by atoms with Crippen LogP contribution in [0.3, 0.4) is 0 Å². The first-order chi connectivity index (χ1) is 12.1. The second-order valence-corrected chi connectivity index (χ2v) is 7.05. The molecule has 0 aliphatic carbocycles. The van der Waals surface area contributed by atoms with Crippen molar-refractivity contribution in [1.82, 2.24) is 0 Å². The maximum absolute atomic E-state index is 10.5. The van der Waals surface area contributed by atoms with Crippen LogP contribution in [0.2, 0.25) is 0 Å². The van der Waals surface area contributed by atoms with E-state index in [1.165, 1.54) is 0 Å². The Balaban J connectivity index is 1.76. The molecule has 5 nitrogen and oxygen atoms in total. The molecular formula is C20H32O5. The topological polar surface area (TPSA) is 76.0 Å². The number of unbranched alkanes of at least 4 members (excludes halogenated alkanes) is 3. The van der Waals surface area contributed by atoms with Crippen molar-refractivity contribution in [3.63, 3.8) is 0 Å². The number of fused-ring (bicyclic) bond motifs is 2. The van der Waals surface area contributed by atoms with Gasteiger partial charge in [-0.3, -0.25) is 4.79 Å². The van der Waals surface area contributed by atoms with Crippen molar-refractivity contribution in [2.45, 2.75) is 89.3 Å². The van der Waals surface area contributed by atoms with E-state index < -0.39 is 12.1 Å². The summed E-state index contributed by atoms with van der Waals surface area (Å²) in [5.74, 6) is -0.481. The number of carboxylic acids is 1. The molecule has 0 aromatic rings. The second-order valence-electron chi connectivity index (χ2n) is 7.05. The molecule has 0 radical (unpaired) electrons. The fraction of sp³-hybridized carbons (Fsp3) is 0.750. The van der Waals surface area contributed by atoms with Crippen molar-refractivity contribution in [1.29, 1.82) is 0 Å². The molecule has 0 amide bonds. The Morgan fingerprint density at radius 1 is 1.24 bits per heavy atom. The monoisotopic (exact) mass is 352 g/mol. The zero-order chi connectivity index (χ0) is 18.1. The van der Waals surface area contributed by atoms with Crippen LogP contribution in [0.5, 0.6) is 0 Å². The summed E-state index contributed by atoms with van der Waals surface area (Å²) in [4.78, 5) is 10.5. The minimum absolute atomic E-state index is 0.0120. The molecule has 3 heterocycles. The number of carbonyl (C=O) groups is 1. The zero-order valence-corrected chi connectivity index (χ0v) is 15.2. The molecule has 25 heavy (non-hydrogen) atoms. The van der Waals surface area contributed by atoms with Crippen LogP contribution in [0.4, 0.5) is 0 Å². The molecule has 5 heteroatoms. The number of aliphatic hydroxyl groups excluding tert-OH is 1. The van der Waals surface area contributed by atoms with E-state index in [1.807, 2.05) is 18.2 Å². The summed E-state index contributed by atoms with van der Waals surface area (Å²) >= 11 is 0. The molecule has 2 N–H and O–H groups in total. The highest BCUT2D eigenvalue weighted by Crippen LogP contribution is 2.40. The first kappa shape index (κ1) is 20.1. The Labute approximate surface area is 150 Å². The minimum Gasteiger partial charge on any atom is -0.481 e. The Bertz CT molecular complexity index is 453. The van der Waals surface area contributed by atoms with Gasteiger partial charge in [-0.15, -0.1) is 0 Å².